The molecule has 0 bridgehead atoms. The van der Waals surface area contributed by atoms with E-state index < -0.39 is 28.6 Å². The van der Waals surface area contributed by atoms with Gasteiger partial charge >= 0.3 is 11.9 Å². The van der Waals surface area contributed by atoms with Gasteiger partial charge in [0.25, 0.3) is 0 Å². The normalized spacial score (nSPS) is 12.7. The number of rotatable bonds is 3. The smallest absolute Gasteiger partial charge is 0.328 e. The van der Waals surface area contributed by atoms with E-state index in [1.54, 1.807) is 65.8 Å². The average Bonchev–Trinajstić information content (AvgIpc) is 2.34. The topological polar surface area (TPSA) is 78.6 Å². The fourth-order valence-electron chi connectivity index (χ4n) is 2.02. The Hall–Kier alpha value is -2.04. The lowest BCUT2D eigenvalue weighted by Gasteiger charge is -2.33. The summed E-state index contributed by atoms with van der Waals surface area (Å²) in [4.78, 5) is 25.6. The molecule has 0 fully saturated rings. The van der Waals surface area contributed by atoms with Crippen molar-refractivity contribution in [3.05, 3.63) is 29.8 Å². The Balaban J connectivity index is 3.39. The van der Waals surface area contributed by atoms with Crippen molar-refractivity contribution in [3.63, 3.8) is 0 Å². The van der Waals surface area contributed by atoms with Gasteiger partial charge in [0.15, 0.2) is 5.41 Å². The van der Waals surface area contributed by atoms with E-state index >= 15 is 0 Å². The van der Waals surface area contributed by atoms with Crippen LogP contribution >= 0.6 is 0 Å². The van der Waals surface area contributed by atoms with Crippen molar-refractivity contribution in [1.82, 2.24) is 0 Å². The number of ether oxygens (including phenoxy) is 2. The summed E-state index contributed by atoms with van der Waals surface area (Å²) in [7, 11) is 0. The number of anilines is 1. The van der Waals surface area contributed by atoms with E-state index in [-0.39, 0.29) is 0 Å². The minimum Gasteiger partial charge on any atom is -0.459 e. The minimum atomic E-state index is -1.63. The lowest BCUT2D eigenvalue weighted by Crippen LogP contribution is -2.48. The number of carbonyl (C=O) groups excluding carboxylic acids is 2. The zero-order valence-corrected chi connectivity index (χ0v) is 15.0. The molecule has 0 aliphatic carbocycles. The molecule has 2 N–H and O–H groups in total. The maximum Gasteiger partial charge on any atom is 0.328 e. The second kappa shape index (κ2) is 6.22. The van der Waals surface area contributed by atoms with Crippen molar-refractivity contribution in [2.24, 2.45) is 0 Å². The summed E-state index contributed by atoms with van der Waals surface area (Å²) < 4.78 is 10.9. The van der Waals surface area contributed by atoms with E-state index in [1.807, 2.05) is 0 Å². The molecule has 0 heterocycles. The molecule has 128 valence electrons. The highest BCUT2D eigenvalue weighted by Crippen LogP contribution is 2.34. The quantitative estimate of drug-likeness (QED) is 0.525. The second-order valence-corrected chi connectivity index (χ2v) is 7.72. The molecule has 5 heteroatoms. The Labute approximate surface area is 138 Å². The first kappa shape index (κ1) is 19.0. The van der Waals surface area contributed by atoms with E-state index in [2.05, 4.69) is 0 Å². The van der Waals surface area contributed by atoms with Crippen LogP contribution in [-0.2, 0) is 24.5 Å². The van der Waals surface area contributed by atoms with Gasteiger partial charge in [-0.25, -0.2) is 0 Å². The van der Waals surface area contributed by atoms with Gasteiger partial charge in [0, 0.05) is 11.3 Å². The first-order valence-corrected chi connectivity index (χ1v) is 7.59. The zero-order chi connectivity index (χ0) is 18.1. The minimum absolute atomic E-state index is 0.340. The van der Waals surface area contributed by atoms with Gasteiger partial charge in [0.05, 0.1) is 0 Å². The van der Waals surface area contributed by atoms with Crippen molar-refractivity contribution in [3.8, 4) is 0 Å². The van der Waals surface area contributed by atoms with Crippen LogP contribution in [0.25, 0.3) is 0 Å². The van der Waals surface area contributed by atoms with Crippen LogP contribution in [0.2, 0.25) is 0 Å². The molecule has 5 nitrogen and oxygen atoms in total. The monoisotopic (exact) mass is 321 g/mol. The molecular formula is C18H27NO4. The van der Waals surface area contributed by atoms with E-state index in [1.165, 1.54) is 6.92 Å². The highest BCUT2D eigenvalue weighted by Gasteiger charge is 2.49. The van der Waals surface area contributed by atoms with Gasteiger partial charge in [-0.1, -0.05) is 18.2 Å². The van der Waals surface area contributed by atoms with Gasteiger partial charge < -0.3 is 15.2 Å². The maximum absolute atomic E-state index is 12.8. The van der Waals surface area contributed by atoms with Gasteiger partial charge in [0.1, 0.15) is 11.2 Å². The zero-order valence-electron chi connectivity index (χ0n) is 15.0. The van der Waals surface area contributed by atoms with Crippen LogP contribution in [0.1, 0.15) is 54.0 Å². The molecule has 0 spiro atoms. The number of esters is 2. The summed E-state index contributed by atoms with van der Waals surface area (Å²) >= 11 is 0. The van der Waals surface area contributed by atoms with E-state index in [0.29, 0.717) is 11.3 Å². The number of nitrogens with two attached hydrogens (primary N) is 1. The Morgan fingerprint density at radius 1 is 0.826 bits per heavy atom. The van der Waals surface area contributed by atoms with Crippen molar-refractivity contribution in [1.29, 1.82) is 0 Å². The Morgan fingerprint density at radius 3 is 1.57 bits per heavy atom. The third-order valence-corrected chi connectivity index (χ3v) is 3.11. The summed E-state index contributed by atoms with van der Waals surface area (Å²) in [6.45, 7) is 12.0. The number of hydrogen-bond donors (Lipinski definition) is 1. The summed E-state index contributed by atoms with van der Waals surface area (Å²) in [6, 6.07) is 6.74. The molecule has 0 aromatic heterocycles. The van der Waals surface area contributed by atoms with Gasteiger partial charge in [-0.2, -0.15) is 0 Å². The maximum atomic E-state index is 12.8. The van der Waals surface area contributed by atoms with E-state index in [0.717, 1.165) is 0 Å². The van der Waals surface area contributed by atoms with Gasteiger partial charge in [-0.15, -0.1) is 0 Å². The number of carbonyl (C=O) groups is 2. The van der Waals surface area contributed by atoms with Crippen LogP contribution in [0.4, 0.5) is 5.69 Å². The van der Waals surface area contributed by atoms with Crippen molar-refractivity contribution in [2.45, 2.75) is 65.1 Å². The average molecular weight is 321 g/mol. The first-order chi connectivity index (χ1) is 10.3. The number of hydrogen-bond acceptors (Lipinski definition) is 5. The number of nitrogen functional groups attached to an aromatic ring is 1. The van der Waals surface area contributed by atoms with E-state index in [4.69, 9.17) is 15.2 Å². The molecule has 1 aromatic carbocycles. The van der Waals surface area contributed by atoms with Crippen LogP contribution in [0.3, 0.4) is 0 Å². The Morgan fingerprint density at radius 2 is 1.22 bits per heavy atom. The molecule has 0 aliphatic heterocycles. The lowest BCUT2D eigenvalue weighted by atomic mass is 9.81. The van der Waals surface area contributed by atoms with Crippen molar-refractivity contribution >= 4 is 17.6 Å². The molecule has 0 saturated carbocycles. The predicted octanol–water partition coefficient (Wildman–Crippen LogP) is 3.21. The highest BCUT2D eigenvalue weighted by molar-refractivity contribution is 6.07. The van der Waals surface area contributed by atoms with Gasteiger partial charge in [-0.3, -0.25) is 9.59 Å². The molecule has 0 unspecified atom stereocenters. The third-order valence-electron chi connectivity index (χ3n) is 3.11. The molecule has 0 radical (unpaired) electrons. The second-order valence-electron chi connectivity index (χ2n) is 7.72. The van der Waals surface area contributed by atoms with Gasteiger partial charge in [-0.05, 0) is 54.5 Å². The molecule has 0 amide bonds. The highest BCUT2D eigenvalue weighted by atomic mass is 16.6. The van der Waals surface area contributed by atoms with Crippen molar-refractivity contribution in [2.75, 3.05) is 5.73 Å². The van der Waals surface area contributed by atoms with Crippen LogP contribution in [0.5, 0.6) is 0 Å². The van der Waals surface area contributed by atoms with E-state index in [9.17, 15) is 9.59 Å². The fourth-order valence-corrected chi connectivity index (χ4v) is 2.02. The Kier molecular flexibility index (Phi) is 5.14. The molecule has 23 heavy (non-hydrogen) atoms. The molecular weight excluding hydrogens is 294 g/mol. The first-order valence-electron chi connectivity index (χ1n) is 7.59. The third kappa shape index (κ3) is 4.71. The summed E-state index contributed by atoms with van der Waals surface area (Å²) in [5, 5.41) is 0. The summed E-state index contributed by atoms with van der Waals surface area (Å²) in [6.07, 6.45) is 0. The molecule has 1 rings (SSSR count). The fraction of sp³-hybridized carbons (Fsp3) is 0.556. The Bertz CT molecular complexity index is 566. The largest absolute Gasteiger partial charge is 0.459 e. The summed E-state index contributed by atoms with van der Waals surface area (Å²) in [5.74, 6) is -1.37. The summed E-state index contributed by atoms with van der Waals surface area (Å²) in [5.41, 5.74) is 3.61. The van der Waals surface area contributed by atoms with Crippen LogP contribution in [0.15, 0.2) is 24.3 Å². The number of para-hydroxylation sites is 1. The van der Waals surface area contributed by atoms with Crippen LogP contribution in [-0.4, -0.2) is 23.1 Å². The molecule has 1 aromatic rings. The lowest BCUT2D eigenvalue weighted by molar-refractivity contribution is -0.176. The predicted molar refractivity (Wildman–Crippen MR) is 89.9 cm³/mol. The van der Waals surface area contributed by atoms with Crippen molar-refractivity contribution < 1.29 is 19.1 Å². The number of benzene rings is 1. The molecule has 0 saturated heterocycles. The van der Waals surface area contributed by atoms with Crippen LogP contribution < -0.4 is 5.73 Å². The SMILES string of the molecule is CC(C)(C)OC(=O)C(C)(C(=O)OC(C)(C)C)c1ccccc1N. The van der Waals surface area contributed by atoms with Crippen LogP contribution in [0, 0.1) is 0 Å². The molecule has 0 aliphatic rings. The van der Waals surface area contributed by atoms with Gasteiger partial charge in [0.2, 0.25) is 0 Å². The molecule has 0 atom stereocenters. The standard InChI is InChI=1S/C18H27NO4/c1-16(2,3)22-14(20)18(7,15(21)23-17(4,5)6)12-10-8-9-11-13(12)19/h8-11H,19H2,1-7H3.